The van der Waals surface area contributed by atoms with Crippen molar-refractivity contribution < 1.29 is 4.79 Å². The Morgan fingerprint density at radius 3 is 3.15 bits per heavy atom. The summed E-state index contributed by atoms with van der Waals surface area (Å²) in [5.41, 5.74) is 5.35. The topological polar surface area (TPSA) is 68.0 Å². The van der Waals surface area contributed by atoms with Gasteiger partial charge in [0.15, 0.2) is 5.13 Å². The second-order valence-electron chi connectivity index (χ2n) is 2.80. The van der Waals surface area contributed by atoms with E-state index in [9.17, 15) is 4.79 Å². The van der Waals surface area contributed by atoms with Gasteiger partial charge in [-0.25, -0.2) is 4.98 Å². The standard InChI is InChI=1S/C8H13N3OS/c1-6(2-3-9)7(12)11-8-10-4-5-13-8/h4-6H,2-3,9H2,1H3,(H,10,11,12). The molecule has 1 amide bonds. The summed E-state index contributed by atoms with van der Waals surface area (Å²) in [5.74, 6) is -0.0608. The van der Waals surface area contributed by atoms with Crippen LogP contribution in [0.2, 0.25) is 0 Å². The maximum atomic E-state index is 11.4. The molecule has 1 aromatic heterocycles. The molecule has 0 spiro atoms. The van der Waals surface area contributed by atoms with Crippen molar-refractivity contribution in [2.75, 3.05) is 11.9 Å². The Morgan fingerprint density at radius 2 is 2.62 bits per heavy atom. The van der Waals surface area contributed by atoms with E-state index in [0.29, 0.717) is 18.1 Å². The second kappa shape index (κ2) is 4.94. The maximum Gasteiger partial charge on any atom is 0.229 e. The quantitative estimate of drug-likeness (QED) is 0.762. The summed E-state index contributed by atoms with van der Waals surface area (Å²) < 4.78 is 0. The SMILES string of the molecule is CC(CCN)C(=O)Nc1nccs1. The summed E-state index contributed by atoms with van der Waals surface area (Å²) in [7, 11) is 0. The van der Waals surface area contributed by atoms with Crippen LogP contribution in [-0.2, 0) is 4.79 Å². The van der Waals surface area contributed by atoms with Crippen LogP contribution in [0.4, 0.5) is 5.13 Å². The summed E-state index contributed by atoms with van der Waals surface area (Å²) in [5, 5.41) is 5.19. The van der Waals surface area contributed by atoms with Gasteiger partial charge in [0.1, 0.15) is 0 Å². The minimum atomic E-state index is -0.0473. The van der Waals surface area contributed by atoms with E-state index in [1.165, 1.54) is 11.3 Å². The lowest BCUT2D eigenvalue weighted by Gasteiger charge is -2.08. The van der Waals surface area contributed by atoms with Crippen LogP contribution >= 0.6 is 11.3 Å². The van der Waals surface area contributed by atoms with Gasteiger partial charge in [-0.1, -0.05) is 6.92 Å². The number of amides is 1. The molecule has 1 heterocycles. The summed E-state index contributed by atoms with van der Waals surface area (Å²) in [6.07, 6.45) is 2.37. The zero-order valence-electron chi connectivity index (χ0n) is 7.49. The van der Waals surface area contributed by atoms with Crippen LogP contribution in [0.15, 0.2) is 11.6 Å². The average molecular weight is 199 g/mol. The van der Waals surface area contributed by atoms with E-state index in [2.05, 4.69) is 10.3 Å². The van der Waals surface area contributed by atoms with Crippen LogP contribution in [0.5, 0.6) is 0 Å². The molecule has 0 fully saturated rings. The van der Waals surface area contributed by atoms with Crippen molar-refractivity contribution in [3.8, 4) is 0 Å². The van der Waals surface area contributed by atoms with Crippen molar-refractivity contribution >= 4 is 22.4 Å². The van der Waals surface area contributed by atoms with Crippen molar-refractivity contribution in [2.45, 2.75) is 13.3 Å². The summed E-state index contributed by atoms with van der Waals surface area (Å²) in [6.45, 7) is 2.39. The predicted octanol–water partition coefficient (Wildman–Crippen LogP) is 1.07. The largest absolute Gasteiger partial charge is 0.330 e. The van der Waals surface area contributed by atoms with Gasteiger partial charge in [-0.2, -0.15) is 0 Å². The zero-order chi connectivity index (χ0) is 9.68. The zero-order valence-corrected chi connectivity index (χ0v) is 8.30. The van der Waals surface area contributed by atoms with Crippen molar-refractivity contribution in [3.05, 3.63) is 11.6 Å². The molecule has 1 aromatic rings. The van der Waals surface area contributed by atoms with Gasteiger partial charge in [-0.3, -0.25) is 4.79 Å². The summed E-state index contributed by atoms with van der Waals surface area (Å²) in [6, 6.07) is 0. The normalized spacial score (nSPS) is 12.5. The van der Waals surface area contributed by atoms with Crippen LogP contribution in [0, 0.1) is 5.92 Å². The molecule has 0 aliphatic heterocycles. The first-order valence-electron chi connectivity index (χ1n) is 4.14. The van der Waals surface area contributed by atoms with E-state index >= 15 is 0 Å². The number of nitrogens with two attached hydrogens (primary N) is 1. The molecule has 1 unspecified atom stereocenters. The van der Waals surface area contributed by atoms with Crippen LogP contribution in [-0.4, -0.2) is 17.4 Å². The molecule has 0 aliphatic carbocycles. The molecular weight excluding hydrogens is 186 g/mol. The van der Waals surface area contributed by atoms with E-state index in [1.807, 2.05) is 12.3 Å². The highest BCUT2D eigenvalue weighted by atomic mass is 32.1. The van der Waals surface area contributed by atoms with Crippen LogP contribution in [0.25, 0.3) is 0 Å². The molecule has 13 heavy (non-hydrogen) atoms. The van der Waals surface area contributed by atoms with Gasteiger partial charge in [0.2, 0.25) is 5.91 Å². The number of thiazole rings is 1. The first-order chi connectivity index (χ1) is 6.24. The van der Waals surface area contributed by atoms with E-state index in [4.69, 9.17) is 5.73 Å². The number of carbonyl (C=O) groups excluding carboxylic acids is 1. The lowest BCUT2D eigenvalue weighted by atomic mass is 10.1. The third-order valence-corrected chi connectivity index (χ3v) is 2.40. The maximum absolute atomic E-state index is 11.4. The fourth-order valence-electron chi connectivity index (χ4n) is 0.895. The number of hydrogen-bond donors (Lipinski definition) is 2. The number of hydrogen-bond acceptors (Lipinski definition) is 4. The molecule has 3 N–H and O–H groups in total. The highest BCUT2D eigenvalue weighted by molar-refractivity contribution is 7.13. The van der Waals surface area contributed by atoms with Gasteiger partial charge < -0.3 is 11.1 Å². The Morgan fingerprint density at radius 1 is 1.85 bits per heavy atom. The molecule has 0 saturated heterocycles. The molecule has 0 saturated carbocycles. The number of aromatic nitrogens is 1. The Bertz CT molecular complexity index is 260. The molecule has 0 aliphatic rings. The number of nitrogens with one attached hydrogen (secondary N) is 1. The van der Waals surface area contributed by atoms with E-state index < -0.39 is 0 Å². The molecule has 0 aromatic carbocycles. The van der Waals surface area contributed by atoms with Gasteiger partial charge in [0.05, 0.1) is 0 Å². The number of nitrogens with zero attached hydrogens (tertiary/aromatic N) is 1. The van der Waals surface area contributed by atoms with E-state index in [-0.39, 0.29) is 11.8 Å². The fraction of sp³-hybridized carbons (Fsp3) is 0.500. The second-order valence-corrected chi connectivity index (χ2v) is 3.70. The molecule has 5 heteroatoms. The highest BCUT2D eigenvalue weighted by Gasteiger charge is 2.12. The van der Waals surface area contributed by atoms with Crippen molar-refractivity contribution in [3.63, 3.8) is 0 Å². The first kappa shape index (κ1) is 10.1. The van der Waals surface area contributed by atoms with Crippen LogP contribution < -0.4 is 11.1 Å². The minimum Gasteiger partial charge on any atom is -0.330 e. The van der Waals surface area contributed by atoms with E-state index in [0.717, 1.165) is 0 Å². The Hall–Kier alpha value is -0.940. The lowest BCUT2D eigenvalue weighted by Crippen LogP contribution is -2.22. The van der Waals surface area contributed by atoms with Gasteiger partial charge in [-0.05, 0) is 13.0 Å². The average Bonchev–Trinajstić information content (AvgIpc) is 2.57. The van der Waals surface area contributed by atoms with Gasteiger partial charge in [0, 0.05) is 17.5 Å². The molecule has 1 rings (SSSR count). The van der Waals surface area contributed by atoms with Crippen LogP contribution in [0.3, 0.4) is 0 Å². The number of anilines is 1. The van der Waals surface area contributed by atoms with Crippen LogP contribution in [0.1, 0.15) is 13.3 Å². The summed E-state index contributed by atoms with van der Waals surface area (Å²) in [4.78, 5) is 15.4. The fourth-order valence-corrected chi connectivity index (χ4v) is 1.43. The predicted molar refractivity (Wildman–Crippen MR) is 53.6 cm³/mol. The highest BCUT2D eigenvalue weighted by Crippen LogP contribution is 2.12. The minimum absolute atomic E-state index is 0.0135. The Kier molecular flexibility index (Phi) is 3.85. The smallest absolute Gasteiger partial charge is 0.229 e. The van der Waals surface area contributed by atoms with Crippen molar-refractivity contribution in [1.29, 1.82) is 0 Å². The first-order valence-corrected chi connectivity index (χ1v) is 5.02. The molecule has 0 bridgehead atoms. The van der Waals surface area contributed by atoms with Gasteiger partial charge >= 0.3 is 0 Å². The third-order valence-electron chi connectivity index (χ3n) is 1.71. The lowest BCUT2D eigenvalue weighted by molar-refractivity contribution is -0.119. The monoisotopic (exact) mass is 199 g/mol. The Balaban J connectivity index is 2.41. The molecule has 72 valence electrons. The molecule has 0 radical (unpaired) electrons. The van der Waals surface area contributed by atoms with Crippen molar-refractivity contribution in [1.82, 2.24) is 4.98 Å². The molecular formula is C8H13N3OS. The molecule has 4 nitrogen and oxygen atoms in total. The Labute approximate surface area is 81.2 Å². The van der Waals surface area contributed by atoms with Gasteiger partial charge in [0.25, 0.3) is 0 Å². The summed E-state index contributed by atoms with van der Waals surface area (Å²) >= 11 is 1.41. The number of rotatable bonds is 4. The third kappa shape index (κ3) is 3.12. The van der Waals surface area contributed by atoms with E-state index in [1.54, 1.807) is 6.20 Å². The van der Waals surface area contributed by atoms with Crippen molar-refractivity contribution in [2.24, 2.45) is 11.7 Å². The van der Waals surface area contributed by atoms with Gasteiger partial charge in [-0.15, -0.1) is 11.3 Å². The number of carbonyl (C=O) groups is 1. The molecule has 1 atom stereocenters.